The van der Waals surface area contributed by atoms with Crippen molar-refractivity contribution in [2.45, 2.75) is 76.5 Å². The van der Waals surface area contributed by atoms with Gasteiger partial charge in [0, 0.05) is 0 Å². The smallest absolute Gasteiger partial charge is 0.0229 e. The molecule has 0 radical (unpaired) electrons. The van der Waals surface area contributed by atoms with Crippen LogP contribution in [0.3, 0.4) is 0 Å². The van der Waals surface area contributed by atoms with E-state index < -0.39 is 0 Å². The van der Waals surface area contributed by atoms with Crippen LogP contribution in [0.5, 0.6) is 0 Å². The van der Waals surface area contributed by atoms with Crippen molar-refractivity contribution in [3.05, 3.63) is 0 Å². The zero-order chi connectivity index (χ0) is 10.0. The summed E-state index contributed by atoms with van der Waals surface area (Å²) in [5.74, 6) is 0. The van der Waals surface area contributed by atoms with Gasteiger partial charge < -0.3 is 0 Å². The molecule has 82 valence electrons. The van der Waals surface area contributed by atoms with E-state index >= 15 is 0 Å². The van der Waals surface area contributed by atoms with E-state index in [9.17, 15) is 0 Å². The van der Waals surface area contributed by atoms with Gasteiger partial charge in [-0.3, -0.25) is 0 Å². The molecular weight excluding hydrogens is 187 g/mol. The van der Waals surface area contributed by atoms with Crippen LogP contribution in [-0.2, 0) is 0 Å². The van der Waals surface area contributed by atoms with Gasteiger partial charge in [0.2, 0.25) is 0 Å². The molecule has 0 aromatic carbocycles. The Labute approximate surface area is 91.0 Å². The lowest BCUT2D eigenvalue weighted by molar-refractivity contribution is 0.310. The molecule has 0 saturated heterocycles. The second-order valence-corrected chi connectivity index (χ2v) is 7.76. The number of hydrogen-bond donors (Lipinski definition) is 0. The van der Waals surface area contributed by atoms with Crippen LogP contribution in [0.4, 0.5) is 0 Å². The van der Waals surface area contributed by atoms with Gasteiger partial charge in [-0.2, -0.15) is 0 Å². The zero-order valence-corrected chi connectivity index (χ0v) is 10.8. The molecule has 2 rings (SSSR count). The number of rotatable bonds is 3. The van der Waals surface area contributed by atoms with Crippen LogP contribution in [0.2, 0.25) is 0 Å². The minimum Gasteiger partial charge on any atom is -0.116 e. The predicted molar refractivity (Wildman–Crippen MR) is 66.6 cm³/mol. The normalized spacial score (nSPS) is 33.4. The van der Waals surface area contributed by atoms with Crippen molar-refractivity contribution in [2.24, 2.45) is 5.41 Å². The van der Waals surface area contributed by atoms with Gasteiger partial charge in [-0.15, -0.1) is 8.58 Å². The van der Waals surface area contributed by atoms with E-state index in [4.69, 9.17) is 0 Å². The zero-order valence-electron chi connectivity index (χ0n) is 9.81. The highest BCUT2D eigenvalue weighted by Gasteiger charge is 2.40. The van der Waals surface area contributed by atoms with E-state index in [2.05, 4.69) is 13.8 Å². The molecule has 2 fully saturated rings. The highest BCUT2D eigenvalue weighted by molar-refractivity contribution is 7.39. The highest BCUT2D eigenvalue weighted by atomic mass is 31.1. The lowest BCUT2D eigenvalue weighted by Crippen LogP contribution is -2.12. The fourth-order valence-corrected chi connectivity index (χ4v) is 5.35. The molecule has 1 heteroatoms. The van der Waals surface area contributed by atoms with Crippen LogP contribution in [0.1, 0.15) is 65.2 Å². The first-order valence-corrected chi connectivity index (χ1v) is 7.66. The second-order valence-electron chi connectivity index (χ2n) is 5.62. The third-order valence-electron chi connectivity index (χ3n) is 4.50. The highest BCUT2D eigenvalue weighted by Crippen LogP contribution is 2.55. The molecule has 0 heterocycles. The van der Waals surface area contributed by atoms with Crippen LogP contribution in [0.25, 0.3) is 0 Å². The van der Waals surface area contributed by atoms with E-state index in [0.717, 1.165) is 16.7 Å². The van der Waals surface area contributed by atoms with Crippen molar-refractivity contribution in [1.82, 2.24) is 0 Å². The van der Waals surface area contributed by atoms with Crippen molar-refractivity contribution in [1.29, 1.82) is 0 Å². The summed E-state index contributed by atoms with van der Waals surface area (Å²) < 4.78 is 0. The molecule has 3 atom stereocenters. The van der Waals surface area contributed by atoms with Gasteiger partial charge in [0.25, 0.3) is 0 Å². The van der Waals surface area contributed by atoms with Gasteiger partial charge in [0.05, 0.1) is 0 Å². The first kappa shape index (κ1) is 10.9. The van der Waals surface area contributed by atoms with E-state index in [0.29, 0.717) is 0 Å². The van der Waals surface area contributed by atoms with Gasteiger partial charge in [0.1, 0.15) is 0 Å². The first-order valence-electron chi connectivity index (χ1n) is 6.50. The molecule has 0 aromatic heterocycles. The Balaban J connectivity index is 1.82. The summed E-state index contributed by atoms with van der Waals surface area (Å²) >= 11 is 0. The Kier molecular flexibility index (Phi) is 3.53. The molecule has 0 aliphatic heterocycles. The molecule has 14 heavy (non-hydrogen) atoms. The van der Waals surface area contributed by atoms with E-state index in [-0.39, 0.29) is 0 Å². The van der Waals surface area contributed by atoms with Gasteiger partial charge in [0.15, 0.2) is 0 Å². The van der Waals surface area contributed by atoms with Crippen molar-refractivity contribution in [3.63, 3.8) is 0 Å². The molecule has 1 spiro atoms. The minimum atomic E-state index is 0.852. The monoisotopic (exact) mass is 212 g/mol. The third kappa shape index (κ3) is 2.32. The second kappa shape index (κ2) is 4.52. The third-order valence-corrected chi connectivity index (χ3v) is 6.44. The Bertz CT molecular complexity index is 182. The van der Waals surface area contributed by atoms with Gasteiger partial charge in [-0.25, -0.2) is 0 Å². The van der Waals surface area contributed by atoms with E-state index in [1.54, 1.807) is 32.1 Å². The Morgan fingerprint density at radius 1 is 1.29 bits per heavy atom. The van der Waals surface area contributed by atoms with Crippen molar-refractivity contribution in [3.8, 4) is 0 Å². The van der Waals surface area contributed by atoms with Gasteiger partial charge in [-0.1, -0.05) is 26.7 Å². The molecule has 0 bridgehead atoms. The maximum Gasteiger partial charge on any atom is -0.0229 e. The lowest BCUT2D eigenvalue weighted by Gasteiger charge is -2.23. The SMILES string of the molecule is CCC(C)PC1CCC2(CCCC2)C1. The van der Waals surface area contributed by atoms with E-state index in [1.807, 2.05) is 0 Å². The molecule has 3 unspecified atom stereocenters. The summed E-state index contributed by atoms with van der Waals surface area (Å²) in [5, 5.41) is 0. The van der Waals surface area contributed by atoms with Crippen LogP contribution in [0, 0.1) is 5.41 Å². The Morgan fingerprint density at radius 3 is 2.64 bits per heavy atom. The number of hydrogen-bond acceptors (Lipinski definition) is 0. The molecule has 2 aliphatic rings. The van der Waals surface area contributed by atoms with Gasteiger partial charge >= 0.3 is 0 Å². The summed E-state index contributed by atoms with van der Waals surface area (Å²) in [6.45, 7) is 4.79. The molecule has 2 saturated carbocycles. The van der Waals surface area contributed by atoms with Crippen LogP contribution < -0.4 is 0 Å². The largest absolute Gasteiger partial charge is 0.116 e. The summed E-state index contributed by atoms with van der Waals surface area (Å²) in [6.07, 6.45) is 12.3. The van der Waals surface area contributed by atoms with Crippen LogP contribution >= 0.6 is 8.58 Å². The molecule has 0 nitrogen and oxygen atoms in total. The topological polar surface area (TPSA) is 0 Å². The van der Waals surface area contributed by atoms with Crippen molar-refractivity contribution in [2.75, 3.05) is 0 Å². The molecular formula is C13H25P. The summed E-state index contributed by atoms with van der Waals surface area (Å²) in [5.41, 5.74) is 2.96. The fraction of sp³-hybridized carbons (Fsp3) is 1.00. The van der Waals surface area contributed by atoms with Crippen molar-refractivity contribution < 1.29 is 0 Å². The lowest BCUT2D eigenvalue weighted by atomic mass is 9.85. The minimum absolute atomic E-state index is 0.852. The molecule has 0 amide bonds. The first-order chi connectivity index (χ1) is 6.74. The predicted octanol–water partition coefficient (Wildman–Crippen LogP) is 4.58. The summed E-state index contributed by atoms with van der Waals surface area (Å²) in [7, 11) is 1.26. The van der Waals surface area contributed by atoms with Gasteiger partial charge in [-0.05, 0) is 55.3 Å². The quantitative estimate of drug-likeness (QED) is 0.601. The Morgan fingerprint density at radius 2 is 2.00 bits per heavy atom. The van der Waals surface area contributed by atoms with Crippen LogP contribution in [0.15, 0.2) is 0 Å². The standard InChI is InChI=1S/C13H25P/c1-3-11(2)14-12-6-9-13(10-12)7-4-5-8-13/h11-12,14H,3-10H2,1-2H3. The maximum absolute atomic E-state index is 2.44. The van der Waals surface area contributed by atoms with Crippen molar-refractivity contribution >= 4 is 8.58 Å². The molecule has 0 aromatic rings. The van der Waals surface area contributed by atoms with Crippen LogP contribution in [-0.4, -0.2) is 11.3 Å². The summed E-state index contributed by atoms with van der Waals surface area (Å²) in [4.78, 5) is 0. The average Bonchev–Trinajstić information content (AvgIpc) is 2.78. The Hall–Kier alpha value is 0.430. The maximum atomic E-state index is 2.44. The molecule has 0 N–H and O–H groups in total. The van der Waals surface area contributed by atoms with E-state index in [1.165, 1.54) is 27.8 Å². The molecule has 2 aliphatic carbocycles. The summed E-state index contributed by atoms with van der Waals surface area (Å²) in [6, 6.07) is 0. The fourth-order valence-electron chi connectivity index (χ4n) is 3.45. The average molecular weight is 212 g/mol.